The summed E-state index contributed by atoms with van der Waals surface area (Å²) in [5.74, 6) is 0. The smallest absolute Gasteiger partial charge is 0.147 e. The summed E-state index contributed by atoms with van der Waals surface area (Å²) in [6, 6.07) is 31.1. The van der Waals surface area contributed by atoms with E-state index in [4.69, 9.17) is 0 Å². The van der Waals surface area contributed by atoms with Crippen molar-refractivity contribution in [3.63, 3.8) is 0 Å². The van der Waals surface area contributed by atoms with Crippen molar-refractivity contribution in [3.05, 3.63) is 135 Å². The monoisotopic (exact) mass is 466 g/mol. The van der Waals surface area contributed by atoms with Crippen molar-refractivity contribution < 1.29 is 17.4 Å². The van der Waals surface area contributed by atoms with Crippen molar-refractivity contribution >= 4 is 34.7 Å². The Morgan fingerprint density at radius 1 is 0.733 bits per heavy atom. The van der Waals surface area contributed by atoms with Crippen LogP contribution < -0.4 is 0 Å². The van der Waals surface area contributed by atoms with E-state index in [0.717, 1.165) is 6.42 Å². The molecular weight excluding hydrogens is 443 g/mol. The fourth-order valence-electron chi connectivity index (χ4n) is 4.35. The Balaban J connectivity index is 0.00000128. The van der Waals surface area contributed by atoms with Crippen molar-refractivity contribution in [2.75, 3.05) is 0 Å². The summed E-state index contributed by atoms with van der Waals surface area (Å²) in [7, 11) is 0. The molecule has 3 aromatic rings. The van der Waals surface area contributed by atoms with Gasteiger partial charge in [0.1, 0.15) is 0 Å². The standard InChI is InChI=1S/C13H10.C9H7.C5H5.2ClH.Ti/c1-3-7-12(8-4-1)11-13-9-5-2-6-10-13;1-2-5-9-7-3-6-8(9)4-1;1-2-4-5-3-1;;;/h1-10H;1-7H;1-3H,4H2;2*1H;. The number of fused-ring (bicyclic) bond motifs is 1. The second-order valence-electron chi connectivity index (χ2n) is 7.31. The predicted octanol–water partition coefficient (Wildman–Crippen LogP) is 7.33. The minimum atomic E-state index is -1.88. The molecule has 0 nitrogen and oxygen atoms in total. The van der Waals surface area contributed by atoms with Crippen LogP contribution in [0.2, 0.25) is 0 Å². The molecule has 5 rings (SSSR count). The van der Waals surface area contributed by atoms with Gasteiger partial charge in [0.15, 0.2) is 0 Å². The zero-order chi connectivity index (χ0) is 18.8. The van der Waals surface area contributed by atoms with Crippen molar-refractivity contribution in [1.82, 2.24) is 0 Å². The normalized spacial score (nSPS) is 15.6. The molecule has 0 saturated carbocycles. The maximum absolute atomic E-state index is 2.48. The van der Waals surface area contributed by atoms with Gasteiger partial charge in [-0.2, -0.15) is 0 Å². The van der Waals surface area contributed by atoms with E-state index in [0.29, 0.717) is 4.22 Å². The number of rotatable bonds is 4. The van der Waals surface area contributed by atoms with Crippen LogP contribution in [0.25, 0.3) is 6.08 Å². The molecule has 0 fully saturated rings. The number of allylic oxidation sites excluding steroid dienone is 5. The maximum atomic E-state index is 2.48. The first kappa shape index (κ1) is 22.7. The van der Waals surface area contributed by atoms with Crippen LogP contribution in [0.5, 0.6) is 0 Å². The van der Waals surface area contributed by atoms with E-state index in [2.05, 4.69) is 115 Å². The van der Waals surface area contributed by atoms with Gasteiger partial charge in [-0.25, -0.2) is 0 Å². The van der Waals surface area contributed by atoms with Crippen LogP contribution in [0, 0.1) is 0 Å². The zero-order valence-electron chi connectivity index (χ0n) is 16.6. The van der Waals surface area contributed by atoms with E-state index in [-0.39, 0.29) is 24.8 Å². The third-order valence-electron chi connectivity index (χ3n) is 5.62. The molecule has 150 valence electrons. The first-order chi connectivity index (χ1) is 13.9. The van der Waals surface area contributed by atoms with Gasteiger partial charge in [0.2, 0.25) is 0 Å². The summed E-state index contributed by atoms with van der Waals surface area (Å²) in [5.41, 5.74) is 5.67. The molecule has 2 aliphatic carbocycles. The molecule has 0 radical (unpaired) electrons. The molecule has 0 bridgehead atoms. The molecule has 0 spiro atoms. The molecule has 2 aliphatic rings. The second kappa shape index (κ2) is 10.4. The molecule has 0 heterocycles. The predicted molar refractivity (Wildman–Crippen MR) is 131 cm³/mol. The topological polar surface area (TPSA) is 0 Å². The first-order valence-corrected chi connectivity index (χ1v) is 12.4. The summed E-state index contributed by atoms with van der Waals surface area (Å²) in [6.07, 6.45) is 12.9. The van der Waals surface area contributed by atoms with E-state index in [1.54, 1.807) is 7.69 Å². The van der Waals surface area contributed by atoms with Gasteiger partial charge in [0, 0.05) is 0 Å². The molecule has 0 aliphatic heterocycles. The number of halogens is 2. The molecule has 3 heteroatoms. The molecule has 0 aromatic heterocycles. The van der Waals surface area contributed by atoms with Gasteiger partial charge in [-0.05, 0) is 0 Å². The van der Waals surface area contributed by atoms with Crippen LogP contribution in [-0.2, 0) is 17.4 Å². The fraction of sp³-hybridized carbons (Fsp3) is 0.0741. The van der Waals surface area contributed by atoms with Gasteiger partial charge in [-0.15, -0.1) is 24.8 Å². The molecule has 3 aromatic carbocycles. The van der Waals surface area contributed by atoms with Crippen LogP contribution in [0.4, 0.5) is 0 Å². The quantitative estimate of drug-likeness (QED) is 0.353. The average Bonchev–Trinajstić information content (AvgIpc) is 3.44. The van der Waals surface area contributed by atoms with Crippen LogP contribution in [0.1, 0.15) is 32.9 Å². The van der Waals surface area contributed by atoms with Gasteiger partial charge in [-0.3, -0.25) is 0 Å². The van der Waals surface area contributed by atoms with Crippen LogP contribution >= 0.6 is 24.8 Å². The van der Waals surface area contributed by atoms with E-state index < -0.39 is 17.4 Å². The van der Waals surface area contributed by atoms with E-state index in [9.17, 15) is 0 Å². The Kier molecular flexibility index (Phi) is 7.86. The Morgan fingerprint density at radius 3 is 1.93 bits per heavy atom. The van der Waals surface area contributed by atoms with Gasteiger partial charge in [-0.1, -0.05) is 0 Å². The summed E-state index contributed by atoms with van der Waals surface area (Å²) >= 11 is -1.88. The molecule has 0 saturated heterocycles. The summed E-state index contributed by atoms with van der Waals surface area (Å²) in [5, 5.41) is 0. The molecule has 0 amide bonds. The largest absolute Gasteiger partial charge is 0.147 e. The Labute approximate surface area is 197 Å². The van der Waals surface area contributed by atoms with Crippen molar-refractivity contribution in [2.24, 2.45) is 0 Å². The summed E-state index contributed by atoms with van der Waals surface area (Å²) < 4.78 is 3.77. The SMILES string of the molecule is C1=CC[C]([Ti](=[C](c2ccccc2)c2ccccc2)[CH]2C=Cc3ccccc32)=C1.Cl.Cl. The summed E-state index contributed by atoms with van der Waals surface area (Å²) in [6.45, 7) is 0. The first-order valence-electron chi connectivity index (χ1n) is 9.90. The van der Waals surface area contributed by atoms with Crippen LogP contribution in [0.3, 0.4) is 0 Å². The van der Waals surface area contributed by atoms with Gasteiger partial charge in [0.25, 0.3) is 0 Å². The number of hydrogen-bond donors (Lipinski definition) is 0. The Bertz CT molecular complexity index is 1080. The molecular formula is C27H24Cl2Ti. The van der Waals surface area contributed by atoms with Gasteiger partial charge in [0.05, 0.1) is 0 Å². The zero-order valence-corrected chi connectivity index (χ0v) is 19.8. The fourth-order valence-corrected chi connectivity index (χ4v) is 9.76. The van der Waals surface area contributed by atoms with Crippen LogP contribution in [0.15, 0.2) is 113 Å². The molecule has 0 N–H and O–H groups in total. The number of benzene rings is 3. The minimum Gasteiger partial charge on any atom is -0.147 e. The maximum Gasteiger partial charge on any atom is -0.147 e. The molecule has 1 atom stereocenters. The summed E-state index contributed by atoms with van der Waals surface area (Å²) in [4.78, 5) is 0. The van der Waals surface area contributed by atoms with E-state index >= 15 is 0 Å². The van der Waals surface area contributed by atoms with E-state index in [1.165, 1.54) is 22.3 Å². The minimum absolute atomic E-state index is 0. The Morgan fingerprint density at radius 2 is 1.33 bits per heavy atom. The van der Waals surface area contributed by atoms with E-state index in [1.807, 2.05) is 0 Å². The number of hydrogen-bond acceptors (Lipinski definition) is 0. The van der Waals surface area contributed by atoms with Gasteiger partial charge >= 0.3 is 173 Å². The van der Waals surface area contributed by atoms with Crippen LogP contribution in [-0.4, -0.2) is 3.81 Å². The Hall–Kier alpha value is -1.96. The molecule has 30 heavy (non-hydrogen) atoms. The molecule has 1 unspecified atom stereocenters. The average molecular weight is 467 g/mol. The van der Waals surface area contributed by atoms with Crippen molar-refractivity contribution in [2.45, 2.75) is 10.6 Å². The van der Waals surface area contributed by atoms with Gasteiger partial charge < -0.3 is 0 Å². The second-order valence-corrected chi connectivity index (χ2v) is 11.4. The van der Waals surface area contributed by atoms with Crippen molar-refractivity contribution in [3.8, 4) is 0 Å². The van der Waals surface area contributed by atoms with Crippen molar-refractivity contribution in [1.29, 1.82) is 0 Å². The third-order valence-corrected chi connectivity index (χ3v) is 10.8. The third kappa shape index (κ3) is 4.38.